The highest BCUT2D eigenvalue weighted by Gasteiger charge is 2.17. The molecule has 2 heterocycles. The van der Waals surface area contributed by atoms with Crippen LogP contribution in [0.3, 0.4) is 0 Å². The summed E-state index contributed by atoms with van der Waals surface area (Å²) in [6.07, 6.45) is 0. The molecule has 0 unspecified atom stereocenters. The van der Waals surface area contributed by atoms with Gasteiger partial charge in [0, 0.05) is 5.39 Å². The Morgan fingerprint density at radius 1 is 1.17 bits per heavy atom. The maximum absolute atomic E-state index is 12.2. The first-order valence-corrected chi connectivity index (χ1v) is 9.29. The van der Waals surface area contributed by atoms with Crippen LogP contribution in [0.4, 0.5) is 5.13 Å². The van der Waals surface area contributed by atoms with Gasteiger partial charge in [-0.25, -0.2) is 14.6 Å². The van der Waals surface area contributed by atoms with Gasteiger partial charge in [-0.3, -0.25) is 10.1 Å². The van der Waals surface area contributed by atoms with E-state index in [9.17, 15) is 14.4 Å². The number of nitrogens with zero attached hydrogens (tertiary/aromatic N) is 1. The molecule has 0 saturated carbocycles. The Bertz CT molecular complexity index is 1290. The van der Waals surface area contributed by atoms with Crippen molar-refractivity contribution in [3.8, 4) is 5.75 Å². The third kappa shape index (κ3) is 3.94. The van der Waals surface area contributed by atoms with Crippen LogP contribution in [0.1, 0.15) is 10.4 Å². The second-order valence-corrected chi connectivity index (χ2v) is 6.99. The summed E-state index contributed by atoms with van der Waals surface area (Å²) >= 11 is 1.26. The lowest BCUT2D eigenvalue weighted by molar-refractivity contribution is -0.119. The summed E-state index contributed by atoms with van der Waals surface area (Å²) in [5.74, 6) is -0.828. The van der Waals surface area contributed by atoms with E-state index < -0.39 is 24.1 Å². The van der Waals surface area contributed by atoms with Crippen LogP contribution in [0.25, 0.3) is 21.2 Å². The van der Waals surface area contributed by atoms with Crippen molar-refractivity contribution in [1.29, 1.82) is 0 Å². The number of carbonyl (C=O) groups excluding carboxylic acids is 2. The fourth-order valence-electron chi connectivity index (χ4n) is 2.65. The first-order chi connectivity index (χ1) is 14.0. The standard InChI is InChI=1S/C20H14N2O6S/c1-26-12-6-7-14-16(9-12)29-20(21-14)22-17(23)10-27-18(24)13-8-11-4-2-3-5-15(11)28-19(13)25/h2-9H,10H2,1H3,(H,21,22,23). The molecule has 2 aromatic carbocycles. The smallest absolute Gasteiger partial charge is 0.351 e. The highest BCUT2D eigenvalue weighted by Crippen LogP contribution is 2.29. The molecule has 0 bridgehead atoms. The molecule has 0 radical (unpaired) electrons. The number of amides is 1. The molecule has 9 heteroatoms. The number of methoxy groups -OCH3 is 1. The molecule has 4 aromatic rings. The van der Waals surface area contributed by atoms with Gasteiger partial charge in [0.15, 0.2) is 11.7 Å². The Labute approximate surface area is 167 Å². The Morgan fingerprint density at radius 2 is 2.00 bits per heavy atom. The quantitative estimate of drug-likeness (QED) is 0.398. The van der Waals surface area contributed by atoms with Crippen LogP contribution in [-0.2, 0) is 9.53 Å². The van der Waals surface area contributed by atoms with Crippen molar-refractivity contribution < 1.29 is 23.5 Å². The van der Waals surface area contributed by atoms with E-state index >= 15 is 0 Å². The van der Waals surface area contributed by atoms with E-state index in [1.54, 1.807) is 43.5 Å². The van der Waals surface area contributed by atoms with Crippen LogP contribution in [0.5, 0.6) is 5.75 Å². The van der Waals surface area contributed by atoms with Crippen LogP contribution in [0.2, 0.25) is 0 Å². The number of benzene rings is 2. The number of hydrogen-bond acceptors (Lipinski definition) is 8. The molecule has 0 saturated heterocycles. The SMILES string of the molecule is COc1ccc2nc(NC(=O)COC(=O)c3cc4ccccc4oc3=O)sc2c1. The van der Waals surface area contributed by atoms with Crippen LogP contribution in [0.15, 0.2) is 57.7 Å². The summed E-state index contributed by atoms with van der Waals surface area (Å²) in [6.45, 7) is -0.565. The average molecular weight is 410 g/mol. The average Bonchev–Trinajstić information content (AvgIpc) is 3.12. The van der Waals surface area contributed by atoms with Gasteiger partial charge < -0.3 is 13.9 Å². The first-order valence-electron chi connectivity index (χ1n) is 8.48. The largest absolute Gasteiger partial charge is 0.497 e. The van der Waals surface area contributed by atoms with Gasteiger partial charge in [0.25, 0.3) is 5.91 Å². The van der Waals surface area contributed by atoms with Crippen molar-refractivity contribution in [2.75, 3.05) is 19.0 Å². The zero-order valence-electron chi connectivity index (χ0n) is 15.1. The molecule has 146 valence electrons. The molecule has 29 heavy (non-hydrogen) atoms. The molecule has 0 aliphatic carbocycles. The molecule has 1 N–H and O–H groups in total. The number of rotatable bonds is 5. The van der Waals surface area contributed by atoms with Crippen molar-refractivity contribution in [3.63, 3.8) is 0 Å². The minimum Gasteiger partial charge on any atom is -0.497 e. The lowest BCUT2D eigenvalue weighted by Gasteiger charge is -2.04. The molecule has 0 aliphatic heterocycles. The monoisotopic (exact) mass is 410 g/mol. The number of nitrogens with one attached hydrogen (secondary N) is 1. The fourth-order valence-corrected chi connectivity index (χ4v) is 3.56. The molecule has 0 aliphatic rings. The van der Waals surface area contributed by atoms with E-state index in [2.05, 4.69) is 10.3 Å². The summed E-state index contributed by atoms with van der Waals surface area (Å²) in [4.78, 5) is 40.5. The van der Waals surface area contributed by atoms with E-state index in [4.69, 9.17) is 13.9 Å². The Morgan fingerprint density at radius 3 is 2.83 bits per heavy atom. The van der Waals surface area contributed by atoms with Gasteiger partial charge in [-0.1, -0.05) is 29.5 Å². The van der Waals surface area contributed by atoms with E-state index in [-0.39, 0.29) is 5.56 Å². The summed E-state index contributed by atoms with van der Waals surface area (Å²) in [7, 11) is 1.56. The van der Waals surface area contributed by atoms with Crippen molar-refractivity contribution in [2.45, 2.75) is 0 Å². The highest BCUT2D eigenvalue weighted by atomic mass is 32.1. The molecule has 1 amide bonds. The number of esters is 1. The Kier molecular flexibility index (Phi) is 4.96. The third-order valence-electron chi connectivity index (χ3n) is 4.04. The minimum absolute atomic E-state index is 0.274. The summed E-state index contributed by atoms with van der Waals surface area (Å²) in [5.41, 5.74) is -0.0334. The van der Waals surface area contributed by atoms with Gasteiger partial charge in [-0.2, -0.15) is 0 Å². The minimum atomic E-state index is -0.936. The molecular formula is C20H14N2O6S. The van der Waals surface area contributed by atoms with Gasteiger partial charge in [-0.05, 0) is 30.3 Å². The molecule has 2 aromatic heterocycles. The maximum atomic E-state index is 12.2. The third-order valence-corrected chi connectivity index (χ3v) is 4.97. The van der Waals surface area contributed by atoms with E-state index in [0.717, 1.165) is 4.70 Å². The topological polar surface area (TPSA) is 108 Å². The predicted molar refractivity (Wildman–Crippen MR) is 108 cm³/mol. The molecule has 8 nitrogen and oxygen atoms in total. The van der Waals surface area contributed by atoms with Gasteiger partial charge in [0.1, 0.15) is 16.9 Å². The van der Waals surface area contributed by atoms with Crippen molar-refractivity contribution in [2.24, 2.45) is 0 Å². The fraction of sp³-hybridized carbons (Fsp3) is 0.100. The number of hydrogen-bond donors (Lipinski definition) is 1. The van der Waals surface area contributed by atoms with Gasteiger partial charge >= 0.3 is 11.6 Å². The van der Waals surface area contributed by atoms with Crippen molar-refractivity contribution in [1.82, 2.24) is 4.98 Å². The number of aromatic nitrogens is 1. The zero-order chi connectivity index (χ0) is 20.4. The Balaban J connectivity index is 1.42. The van der Waals surface area contributed by atoms with E-state index in [0.29, 0.717) is 27.4 Å². The van der Waals surface area contributed by atoms with Gasteiger partial charge in [0.2, 0.25) is 0 Å². The van der Waals surface area contributed by atoms with Crippen LogP contribution < -0.4 is 15.7 Å². The molecule has 0 atom stereocenters. The second kappa shape index (κ2) is 7.72. The van der Waals surface area contributed by atoms with Crippen LogP contribution in [0, 0.1) is 0 Å². The maximum Gasteiger partial charge on any atom is 0.351 e. The highest BCUT2D eigenvalue weighted by molar-refractivity contribution is 7.22. The lowest BCUT2D eigenvalue weighted by atomic mass is 10.2. The predicted octanol–water partition coefficient (Wildman–Crippen LogP) is 3.21. The van der Waals surface area contributed by atoms with Gasteiger partial charge in [-0.15, -0.1) is 0 Å². The zero-order valence-corrected chi connectivity index (χ0v) is 15.9. The van der Waals surface area contributed by atoms with Crippen molar-refractivity contribution in [3.05, 3.63) is 64.5 Å². The molecule has 0 fully saturated rings. The molecular weight excluding hydrogens is 396 g/mol. The number of anilines is 1. The molecule has 4 rings (SSSR count). The number of carbonyl (C=O) groups is 2. The number of para-hydroxylation sites is 1. The number of fused-ring (bicyclic) bond motifs is 2. The summed E-state index contributed by atoms with van der Waals surface area (Å²) < 4.78 is 16.0. The number of ether oxygens (including phenoxy) is 2. The van der Waals surface area contributed by atoms with E-state index in [1.165, 1.54) is 17.4 Å². The molecule has 0 spiro atoms. The normalized spacial score (nSPS) is 10.8. The van der Waals surface area contributed by atoms with Crippen LogP contribution >= 0.6 is 11.3 Å². The Hall–Kier alpha value is -3.72. The van der Waals surface area contributed by atoms with Crippen LogP contribution in [-0.4, -0.2) is 30.6 Å². The lowest BCUT2D eigenvalue weighted by Crippen LogP contribution is -2.23. The van der Waals surface area contributed by atoms with Crippen molar-refractivity contribution >= 4 is 49.5 Å². The first kappa shape index (κ1) is 18.6. The summed E-state index contributed by atoms with van der Waals surface area (Å²) in [5, 5.41) is 3.51. The van der Waals surface area contributed by atoms with Gasteiger partial charge in [0.05, 0.1) is 17.3 Å². The second-order valence-electron chi connectivity index (χ2n) is 5.96. The van der Waals surface area contributed by atoms with E-state index in [1.807, 2.05) is 6.07 Å². The summed E-state index contributed by atoms with van der Waals surface area (Å²) in [6, 6.07) is 13.5. The number of thiazole rings is 1.